The summed E-state index contributed by atoms with van der Waals surface area (Å²) in [5.74, 6) is 0. The zero-order chi connectivity index (χ0) is 13.2. The fraction of sp³-hybridized carbons (Fsp3) is 0.727. The smallest absolute Gasteiger partial charge is 0.377 e. The van der Waals surface area contributed by atoms with Crippen LogP contribution in [-0.4, -0.2) is 23.7 Å². The minimum Gasteiger partial charge on any atom is -0.377 e. The lowest BCUT2D eigenvalue weighted by Crippen LogP contribution is -2.36. The van der Waals surface area contributed by atoms with Crippen LogP contribution in [0.4, 0.5) is 13.2 Å². The maximum Gasteiger partial charge on any atom is 0.434 e. The molecular weight excluding hydrogens is 265 g/mol. The van der Waals surface area contributed by atoms with Crippen LogP contribution in [0.3, 0.4) is 0 Å². The normalized spacial score (nSPS) is 22.3. The molecule has 0 bridgehead atoms. The van der Waals surface area contributed by atoms with Gasteiger partial charge in [0.1, 0.15) is 5.01 Å². The summed E-state index contributed by atoms with van der Waals surface area (Å²) in [6.45, 7) is 3.10. The van der Waals surface area contributed by atoms with Crippen molar-refractivity contribution < 1.29 is 17.9 Å². The average molecular weight is 280 g/mol. The monoisotopic (exact) mass is 280 g/mol. The van der Waals surface area contributed by atoms with Crippen LogP contribution in [-0.2, 0) is 17.5 Å². The number of ether oxygens (including phenoxy) is 1. The van der Waals surface area contributed by atoms with Gasteiger partial charge in [0.05, 0.1) is 6.10 Å². The molecule has 2 atom stereocenters. The third kappa shape index (κ3) is 3.43. The molecule has 1 saturated heterocycles. The molecule has 102 valence electrons. The van der Waals surface area contributed by atoms with Gasteiger partial charge in [-0.2, -0.15) is 13.2 Å². The predicted octanol–water partition coefficient (Wildman–Crippen LogP) is 2.82. The van der Waals surface area contributed by atoms with Crippen molar-refractivity contribution in [3.63, 3.8) is 0 Å². The van der Waals surface area contributed by atoms with Crippen LogP contribution in [0.1, 0.15) is 30.5 Å². The number of halogens is 3. The molecule has 3 nitrogen and oxygen atoms in total. The third-order valence-corrected chi connectivity index (χ3v) is 3.79. The van der Waals surface area contributed by atoms with Gasteiger partial charge in [-0.1, -0.05) is 0 Å². The topological polar surface area (TPSA) is 34.2 Å². The highest BCUT2D eigenvalue weighted by Gasteiger charge is 2.33. The van der Waals surface area contributed by atoms with Crippen LogP contribution >= 0.6 is 11.3 Å². The van der Waals surface area contributed by atoms with Crippen LogP contribution in [0.2, 0.25) is 0 Å². The Morgan fingerprint density at radius 2 is 2.39 bits per heavy atom. The van der Waals surface area contributed by atoms with Gasteiger partial charge in [0.15, 0.2) is 5.69 Å². The van der Waals surface area contributed by atoms with Crippen molar-refractivity contribution in [3.8, 4) is 0 Å². The van der Waals surface area contributed by atoms with Crippen molar-refractivity contribution in [1.29, 1.82) is 0 Å². The summed E-state index contributed by atoms with van der Waals surface area (Å²) < 4.78 is 42.6. The first-order valence-corrected chi connectivity index (χ1v) is 6.71. The number of thiazole rings is 1. The SMILES string of the molecule is C[C@H](NCc1nc(C(F)(F)F)cs1)[C@@H]1CCCO1. The second kappa shape index (κ2) is 5.54. The molecule has 1 aromatic rings. The number of aromatic nitrogens is 1. The van der Waals surface area contributed by atoms with Crippen LogP contribution in [0.5, 0.6) is 0 Å². The summed E-state index contributed by atoms with van der Waals surface area (Å²) in [7, 11) is 0. The molecule has 2 heterocycles. The summed E-state index contributed by atoms with van der Waals surface area (Å²) >= 11 is 1.03. The summed E-state index contributed by atoms with van der Waals surface area (Å²) in [5, 5.41) is 4.66. The number of rotatable bonds is 4. The van der Waals surface area contributed by atoms with Gasteiger partial charge in [-0.05, 0) is 19.8 Å². The molecule has 0 amide bonds. The molecule has 18 heavy (non-hydrogen) atoms. The van der Waals surface area contributed by atoms with Crippen molar-refractivity contribution in [3.05, 3.63) is 16.1 Å². The molecule has 0 aromatic carbocycles. The lowest BCUT2D eigenvalue weighted by Gasteiger charge is -2.19. The van der Waals surface area contributed by atoms with E-state index in [9.17, 15) is 13.2 Å². The van der Waals surface area contributed by atoms with Gasteiger partial charge < -0.3 is 10.1 Å². The molecule has 2 rings (SSSR count). The van der Waals surface area contributed by atoms with Gasteiger partial charge in [0.25, 0.3) is 0 Å². The summed E-state index contributed by atoms with van der Waals surface area (Å²) in [6, 6.07) is 0.130. The molecule has 0 aliphatic carbocycles. The summed E-state index contributed by atoms with van der Waals surface area (Å²) in [6.07, 6.45) is -2.15. The largest absolute Gasteiger partial charge is 0.434 e. The summed E-state index contributed by atoms with van der Waals surface area (Å²) in [5.41, 5.74) is -0.811. The van der Waals surface area contributed by atoms with Crippen LogP contribution < -0.4 is 5.32 Å². The predicted molar refractivity (Wildman–Crippen MR) is 62.4 cm³/mol. The zero-order valence-electron chi connectivity index (χ0n) is 9.96. The molecule has 0 spiro atoms. The van der Waals surface area contributed by atoms with E-state index in [1.165, 1.54) is 0 Å². The minimum absolute atomic E-state index is 0.130. The molecule has 1 aliphatic rings. The van der Waals surface area contributed by atoms with E-state index in [0.29, 0.717) is 11.6 Å². The maximum atomic E-state index is 12.3. The molecule has 0 radical (unpaired) electrons. The molecule has 7 heteroatoms. The van der Waals surface area contributed by atoms with Gasteiger partial charge in [-0.3, -0.25) is 0 Å². The Morgan fingerprint density at radius 1 is 1.61 bits per heavy atom. The second-order valence-corrected chi connectivity index (χ2v) is 5.29. The highest BCUT2D eigenvalue weighted by Crippen LogP contribution is 2.30. The minimum atomic E-state index is -4.35. The van der Waals surface area contributed by atoms with E-state index in [1.54, 1.807) is 0 Å². The molecule has 1 aliphatic heterocycles. The van der Waals surface area contributed by atoms with Crippen LogP contribution in [0, 0.1) is 0 Å². The highest BCUT2D eigenvalue weighted by molar-refractivity contribution is 7.09. The van der Waals surface area contributed by atoms with Gasteiger partial charge in [0, 0.05) is 24.6 Å². The number of nitrogens with zero attached hydrogens (tertiary/aromatic N) is 1. The van der Waals surface area contributed by atoms with Crippen molar-refractivity contribution in [2.24, 2.45) is 0 Å². The summed E-state index contributed by atoms with van der Waals surface area (Å²) in [4.78, 5) is 3.57. The van der Waals surface area contributed by atoms with E-state index in [-0.39, 0.29) is 12.1 Å². The van der Waals surface area contributed by atoms with E-state index in [0.717, 1.165) is 36.2 Å². The Morgan fingerprint density at radius 3 is 2.94 bits per heavy atom. The maximum absolute atomic E-state index is 12.3. The third-order valence-electron chi connectivity index (χ3n) is 2.94. The second-order valence-electron chi connectivity index (χ2n) is 4.35. The number of hydrogen-bond donors (Lipinski definition) is 1. The first-order valence-electron chi connectivity index (χ1n) is 5.83. The fourth-order valence-electron chi connectivity index (χ4n) is 1.90. The standard InChI is InChI=1S/C11H15F3N2OS/c1-7(8-3-2-4-17-8)15-5-10-16-9(6-18-10)11(12,13)14/h6-8,15H,2-5H2,1H3/t7-,8-/m0/s1. The Bertz CT molecular complexity index is 388. The fourth-order valence-corrected chi connectivity index (χ4v) is 2.65. The molecule has 0 unspecified atom stereocenters. The lowest BCUT2D eigenvalue weighted by molar-refractivity contribution is -0.140. The van der Waals surface area contributed by atoms with Crippen molar-refractivity contribution in [1.82, 2.24) is 10.3 Å². The number of nitrogens with one attached hydrogen (secondary N) is 1. The van der Waals surface area contributed by atoms with Gasteiger partial charge >= 0.3 is 6.18 Å². The Balaban J connectivity index is 1.84. The quantitative estimate of drug-likeness (QED) is 0.921. The first-order chi connectivity index (χ1) is 8.47. The molecule has 1 fully saturated rings. The molecule has 1 aromatic heterocycles. The van der Waals surface area contributed by atoms with E-state index in [2.05, 4.69) is 10.3 Å². The van der Waals surface area contributed by atoms with Gasteiger partial charge in [0.2, 0.25) is 0 Å². The number of hydrogen-bond acceptors (Lipinski definition) is 4. The zero-order valence-corrected chi connectivity index (χ0v) is 10.8. The molecular formula is C11H15F3N2OS. The van der Waals surface area contributed by atoms with Gasteiger partial charge in [-0.25, -0.2) is 4.98 Å². The average Bonchev–Trinajstić information content (AvgIpc) is 2.96. The van der Waals surface area contributed by atoms with E-state index >= 15 is 0 Å². The Kier molecular flexibility index (Phi) is 4.24. The Hall–Kier alpha value is -0.660. The van der Waals surface area contributed by atoms with Crippen molar-refractivity contribution >= 4 is 11.3 Å². The van der Waals surface area contributed by atoms with Gasteiger partial charge in [-0.15, -0.1) is 11.3 Å². The van der Waals surface area contributed by atoms with Crippen molar-refractivity contribution in [2.75, 3.05) is 6.61 Å². The number of alkyl halides is 3. The van der Waals surface area contributed by atoms with E-state index in [4.69, 9.17) is 4.74 Å². The Labute approximate surface area is 107 Å². The van der Waals surface area contributed by atoms with Crippen molar-refractivity contribution in [2.45, 2.75) is 44.6 Å². The van der Waals surface area contributed by atoms with Crippen LogP contribution in [0.15, 0.2) is 5.38 Å². The van der Waals surface area contributed by atoms with Crippen LogP contribution in [0.25, 0.3) is 0 Å². The molecule has 0 saturated carbocycles. The lowest BCUT2D eigenvalue weighted by atomic mass is 10.1. The molecule has 1 N–H and O–H groups in total. The van der Waals surface area contributed by atoms with E-state index in [1.807, 2.05) is 6.92 Å². The van der Waals surface area contributed by atoms with E-state index < -0.39 is 11.9 Å². The first kappa shape index (κ1) is 13.8. The highest BCUT2D eigenvalue weighted by atomic mass is 32.1.